The van der Waals surface area contributed by atoms with Crippen molar-refractivity contribution in [2.45, 2.75) is 13.0 Å². The molecule has 6 nitrogen and oxygen atoms in total. The standard InChI is InChI=1S/C25H22ClN3O3/c1-27-14-16-5-3-7-19(11-16)28-24(17-6-2-4-15(10-17)12-22(30)31)23-20-9-8-18(26)13-21(20)29-25(23)32/h2-11,13,27-28H,12,14H2,1H3,(H,29,32)(H,30,31). The molecule has 32 heavy (non-hydrogen) atoms. The second-order valence-corrected chi connectivity index (χ2v) is 7.96. The van der Waals surface area contributed by atoms with Crippen molar-refractivity contribution >= 4 is 46.1 Å². The molecule has 0 fully saturated rings. The SMILES string of the molecule is CNCc1cccc(NC(=C2C(=O)Nc3cc(Cl)ccc32)c2cccc(CC(=O)O)c2)c1. The summed E-state index contributed by atoms with van der Waals surface area (Å²) in [6.07, 6.45) is -0.105. The lowest BCUT2D eigenvalue weighted by Crippen LogP contribution is -2.11. The van der Waals surface area contributed by atoms with Gasteiger partial charge in [-0.3, -0.25) is 9.59 Å². The van der Waals surface area contributed by atoms with Crippen LogP contribution in [-0.2, 0) is 22.6 Å². The van der Waals surface area contributed by atoms with Crippen LogP contribution in [0, 0.1) is 0 Å². The summed E-state index contributed by atoms with van der Waals surface area (Å²) in [5.41, 5.74) is 5.72. The molecule has 0 aliphatic carbocycles. The van der Waals surface area contributed by atoms with Gasteiger partial charge in [0.1, 0.15) is 0 Å². The van der Waals surface area contributed by atoms with Crippen LogP contribution < -0.4 is 16.0 Å². The summed E-state index contributed by atoms with van der Waals surface area (Å²) in [5, 5.41) is 19.2. The number of fused-ring (bicyclic) bond motifs is 1. The number of hydrogen-bond donors (Lipinski definition) is 4. The minimum Gasteiger partial charge on any atom is -0.481 e. The maximum Gasteiger partial charge on any atom is 0.307 e. The maximum absolute atomic E-state index is 13.0. The molecule has 0 saturated heterocycles. The second-order valence-electron chi connectivity index (χ2n) is 7.52. The molecule has 0 spiro atoms. The smallest absolute Gasteiger partial charge is 0.307 e. The number of anilines is 2. The van der Waals surface area contributed by atoms with E-state index in [-0.39, 0.29) is 12.3 Å². The predicted molar refractivity (Wildman–Crippen MR) is 128 cm³/mol. The molecule has 3 aromatic carbocycles. The molecule has 4 rings (SSSR count). The highest BCUT2D eigenvalue weighted by Crippen LogP contribution is 2.39. The highest BCUT2D eigenvalue weighted by atomic mass is 35.5. The molecular formula is C25H22ClN3O3. The summed E-state index contributed by atoms with van der Waals surface area (Å²) >= 11 is 6.12. The van der Waals surface area contributed by atoms with E-state index < -0.39 is 5.97 Å². The Morgan fingerprint density at radius 3 is 2.59 bits per heavy atom. The van der Waals surface area contributed by atoms with Crippen molar-refractivity contribution in [3.05, 3.63) is 94.0 Å². The number of halogens is 1. The molecule has 7 heteroatoms. The summed E-state index contributed by atoms with van der Waals surface area (Å²) < 4.78 is 0. The molecule has 1 aliphatic rings. The minimum absolute atomic E-state index is 0.105. The van der Waals surface area contributed by atoms with Crippen molar-refractivity contribution in [3.8, 4) is 0 Å². The van der Waals surface area contributed by atoms with Crippen LogP contribution in [-0.4, -0.2) is 24.0 Å². The number of benzene rings is 3. The first-order valence-corrected chi connectivity index (χ1v) is 10.5. The first kappa shape index (κ1) is 21.6. The van der Waals surface area contributed by atoms with Gasteiger partial charge in [0.2, 0.25) is 0 Å². The molecule has 162 valence electrons. The van der Waals surface area contributed by atoms with Gasteiger partial charge in [-0.2, -0.15) is 0 Å². The fourth-order valence-corrected chi connectivity index (χ4v) is 3.96. The van der Waals surface area contributed by atoms with Crippen molar-refractivity contribution in [1.82, 2.24) is 5.32 Å². The van der Waals surface area contributed by atoms with E-state index in [0.717, 1.165) is 22.4 Å². The van der Waals surface area contributed by atoms with Gasteiger partial charge in [-0.1, -0.05) is 48.0 Å². The fraction of sp³-hybridized carbons (Fsp3) is 0.120. The van der Waals surface area contributed by atoms with Crippen LogP contribution in [0.15, 0.2) is 66.7 Å². The molecule has 0 radical (unpaired) electrons. The van der Waals surface area contributed by atoms with Gasteiger partial charge in [0.25, 0.3) is 5.91 Å². The number of carbonyl (C=O) groups is 2. The molecule has 3 aromatic rings. The van der Waals surface area contributed by atoms with E-state index in [0.29, 0.717) is 34.1 Å². The molecule has 4 N–H and O–H groups in total. The lowest BCUT2D eigenvalue weighted by molar-refractivity contribution is -0.136. The van der Waals surface area contributed by atoms with Crippen LogP contribution in [0.25, 0.3) is 11.3 Å². The summed E-state index contributed by atoms with van der Waals surface area (Å²) in [4.78, 5) is 24.3. The third-order valence-electron chi connectivity index (χ3n) is 5.12. The van der Waals surface area contributed by atoms with Gasteiger partial charge in [-0.05, 0) is 54.1 Å². The maximum atomic E-state index is 13.0. The Bertz CT molecular complexity index is 1240. The molecule has 1 heterocycles. The Morgan fingerprint density at radius 2 is 1.81 bits per heavy atom. The van der Waals surface area contributed by atoms with E-state index in [4.69, 9.17) is 11.6 Å². The zero-order chi connectivity index (χ0) is 22.7. The number of nitrogens with one attached hydrogen (secondary N) is 3. The van der Waals surface area contributed by atoms with E-state index in [1.807, 2.05) is 43.4 Å². The number of hydrogen-bond acceptors (Lipinski definition) is 4. The van der Waals surface area contributed by atoms with E-state index >= 15 is 0 Å². The molecule has 0 unspecified atom stereocenters. The highest BCUT2D eigenvalue weighted by Gasteiger charge is 2.28. The monoisotopic (exact) mass is 447 g/mol. The number of carboxylic acid groups (broad SMARTS) is 1. The Kier molecular flexibility index (Phi) is 6.25. The minimum atomic E-state index is -0.914. The topological polar surface area (TPSA) is 90.5 Å². The van der Waals surface area contributed by atoms with Gasteiger partial charge in [-0.15, -0.1) is 0 Å². The summed E-state index contributed by atoms with van der Waals surface area (Å²) in [6.45, 7) is 0.706. The molecule has 1 amide bonds. The van der Waals surface area contributed by atoms with Crippen molar-refractivity contribution in [2.75, 3.05) is 17.7 Å². The number of aliphatic carboxylic acids is 1. The largest absolute Gasteiger partial charge is 0.481 e. The molecule has 0 aromatic heterocycles. The third kappa shape index (κ3) is 4.66. The highest BCUT2D eigenvalue weighted by molar-refractivity contribution is 6.38. The normalized spacial score (nSPS) is 14.0. The molecule has 0 bridgehead atoms. The number of rotatable bonds is 7. The van der Waals surface area contributed by atoms with Gasteiger partial charge in [0.05, 0.1) is 23.4 Å². The molecule has 1 aliphatic heterocycles. The average molecular weight is 448 g/mol. The van der Waals surface area contributed by atoms with Gasteiger partial charge in [0, 0.05) is 22.8 Å². The number of carbonyl (C=O) groups excluding carboxylic acids is 1. The third-order valence-corrected chi connectivity index (χ3v) is 5.36. The summed E-state index contributed by atoms with van der Waals surface area (Å²) in [5.74, 6) is -1.16. The molecule has 0 saturated carbocycles. The van der Waals surface area contributed by atoms with E-state index in [1.54, 1.807) is 30.3 Å². The van der Waals surface area contributed by atoms with E-state index in [9.17, 15) is 14.7 Å². The van der Waals surface area contributed by atoms with Crippen LogP contribution in [0.2, 0.25) is 5.02 Å². The summed E-state index contributed by atoms with van der Waals surface area (Å²) in [7, 11) is 1.88. The van der Waals surface area contributed by atoms with Crippen molar-refractivity contribution < 1.29 is 14.7 Å². The van der Waals surface area contributed by atoms with E-state index in [2.05, 4.69) is 16.0 Å². The Balaban J connectivity index is 1.87. The van der Waals surface area contributed by atoms with Gasteiger partial charge in [0.15, 0.2) is 0 Å². The van der Waals surface area contributed by atoms with Crippen molar-refractivity contribution in [1.29, 1.82) is 0 Å². The first-order chi connectivity index (χ1) is 15.4. The van der Waals surface area contributed by atoms with Gasteiger partial charge >= 0.3 is 5.97 Å². The Labute approximate surface area is 190 Å². The van der Waals surface area contributed by atoms with Crippen LogP contribution in [0.4, 0.5) is 11.4 Å². The predicted octanol–water partition coefficient (Wildman–Crippen LogP) is 4.62. The van der Waals surface area contributed by atoms with Crippen LogP contribution in [0.1, 0.15) is 22.3 Å². The molecule has 0 atom stereocenters. The van der Waals surface area contributed by atoms with Gasteiger partial charge < -0.3 is 21.1 Å². The molecular weight excluding hydrogens is 426 g/mol. The Morgan fingerprint density at radius 1 is 1.03 bits per heavy atom. The lowest BCUT2D eigenvalue weighted by Gasteiger charge is -2.16. The summed E-state index contributed by atoms with van der Waals surface area (Å²) in [6, 6.07) is 20.4. The van der Waals surface area contributed by atoms with E-state index in [1.165, 1.54) is 0 Å². The zero-order valence-electron chi connectivity index (χ0n) is 17.4. The van der Waals surface area contributed by atoms with Crippen LogP contribution in [0.5, 0.6) is 0 Å². The Hall–Kier alpha value is -3.61. The lowest BCUT2D eigenvalue weighted by atomic mass is 9.98. The second kappa shape index (κ2) is 9.26. The van der Waals surface area contributed by atoms with Crippen LogP contribution >= 0.6 is 11.6 Å². The van der Waals surface area contributed by atoms with Crippen molar-refractivity contribution in [3.63, 3.8) is 0 Å². The zero-order valence-corrected chi connectivity index (χ0v) is 18.2. The first-order valence-electron chi connectivity index (χ1n) is 10.1. The quantitative estimate of drug-likeness (QED) is 0.397. The number of carboxylic acids is 1. The number of amides is 1. The van der Waals surface area contributed by atoms with Crippen molar-refractivity contribution in [2.24, 2.45) is 0 Å². The van der Waals surface area contributed by atoms with Crippen LogP contribution in [0.3, 0.4) is 0 Å². The average Bonchev–Trinajstić information content (AvgIpc) is 3.07. The van der Waals surface area contributed by atoms with Gasteiger partial charge in [-0.25, -0.2) is 0 Å². The fourth-order valence-electron chi connectivity index (χ4n) is 3.79.